The number of carbonyl (C=O) groups is 1. The molecule has 0 spiro atoms. The molecule has 0 saturated carbocycles. The molecule has 1 atom stereocenters. The fraction of sp³-hybridized carbons (Fsp3) is 0.714. The third kappa shape index (κ3) is 4.26. The second kappa shape index (κ2) is 6.08. The van der Waals surface area contributed by atoms with Crippen LogP contribution in [0.5, 0.6) is 0 Å². The summed E-state index contributed by atoms with van der Waals surface area (Å²) >= 11 is 0. The van der Waals surface area contributed by atoms with Crippen molar-refractivity contribution in [3.63, 3.8) is 0 Å². The van der Waals surface area contributed by atoms with Crippen molar-refractivity contribution in [2.75, 3.05) is 5.32 Å². The summed E-state index contributed by atoms with van der Waals surface area (Å²) in [4.78, 5) is 12.1. The van der Waals surface area contributed by atoms with Crippen molar-refractivity contribution in [1.29, 1.82) is 0 Å². The van der Waals surface area contributed by atoms with Crippen molar-refractivity contribution in [3.8, 4) is 0 Å². The molecular weight excluding hydrogens is 240 g/mol. The maximum atomic E-state index is 12.1. The first-order valence-corrected chi connectivity index (χ1v) is 6.90. The van der Waals surface area contributed by atoms with Crippen LogP contribution in [0.4, 0.5) is 5.69 Å². The van der Waals surface area contributed by atoms with Gasteiger partial charge in [-0.25, -0.2) is 0 Å². The van der Waals surface area contributed by atoms with Crippen LogP contribution >= 0.6 is 0 Å². The van der Waals surface area contributed by atoms with Crippen molar-refractivity contribution in [3.05, 3.63) is 11.9 Å². The number of aromatic nitrogens is 2. The van der Waals surface area contributed by atoms with Crippen molar-refractivity contribution < 1.29 is 4.79 Å². The molecule has 19 heavy (non-hydrogen) atoms. The van der Waals surface area contributed by atoms with E-state index in [1.807, 2.05) is 34.0 Å². The van der Waals surface area contributed by atoms with E-state index in [0.717, 1.165) is 24.2 Å². The van der Waals surface area contributed by atoms with Crippen LogP contribution in [0.2, 0.25) is 0 Å². The molecule has 2 N–H and O–H groups in total. The van der Waals surface area contributed by atoms with E-state index in [1.54, 1.807) is 4.68 Å². The lowest BCUT2D eigenvalue weighted by molar-refractivity contribution is -0.123. The molecule has 1 rings (SSSR count). The maximum Gasteiger partial charge on any atom is 0.242 e. The van der Waals surface area contributed by atoms with E-state index in [0.29, 0.717) is 0 Å². The minimum absolute atomic E-state index is 0.0118. The fourth-order valence-electron chi connectivity index (χ4n) is 1.75. The van der Waals surface area contributed by atoms with Gasteiger partial charge < -0.3 is 10.6 Å². The summed E-state index contributed by atoms with van der Waals surface area (Å²) in [5, 5.41) is 10.6. The lowest BCUT2D eigenvalue weighted by Gasteiger charge is -2.27. The van der Waals surface area contributed by atoms with Crippen LogP contribution in [-0.4, -0.2) is 27.3 Å². The first kappa shape index (κ1) is 15.5. The molecule has 108 valence electrons. The Hall–Kier alpha value is -1.52. The second-order valence-corrected chi connectivity index (χ2v) is 5.61. The lowest BCUT2D eigenvalue weighted by atomic mass is 10.0. The number of hydrogen-bond donors (Lipinski definition) is 2. The topological polar surface area (TPSA) is 59.0 Å². The molecule has 0 bridgehead atoms. The van der Waals surface area contributed by atoms with Crippen LogP contribution in [0.25, 0.3) is 0 Å². The van der Waals surface area contributed by atoms with Crippen LogP contribution in [0, 0.1) is 0 Å². The molecule has 0 aliphatic carbocycles. The van der Waals surface area contributed by atoms with Gasteiger partial charge in [-0.05, 0) is 33.6 Å². The molecule has 0 aliphatic heterocycles. The Morgan fingerprint density at radius 3 is 2.63 bits per heavy atom. The largest absolute Gasteiger partial charge is 0.371 e. The van der Waals surface area contributed by atoms with Crippen molar-refractivity contribution in [2.45, 2.75) is 59.0 Å². The summed E-state index contributed by atoms with van der Waals surface area (Å²) in [6.45, 7) is 10.0. The Labute approximate surface area is 115 Å². The molecule has 1 unspecified atom stereocenters. The van der Waals surface area contributed by atoms with Crippen molar-refractivity contribution in [2.24, 2.45) is 7.05 Å². The quantitative estimate of drug-likeness (QED) is 0.829. The zero-order valence-electron chi connectivity index (χ0n) is 12.9. The monoisotopic (exact) mass is 266 g/mol. The van der Waals surface area contributed by atoms with Gasteiger partial charge in [0.25, 0.3) is 0 Å². The highest BCUT2D eigenvalue weighted by molar-refractivity contribution is 5.84. The summed E-state index contributed by atoms with van der Waals surface area (Å²) in [6, 6.07) is -0.277. The minimum atomic E-state index is -0.277. The molecule has 1 aromatic rings. The zero-order chi connectivity index (χ0) is 14.6. The van der Waals surface area contributed by atoms with Gasteiger partial charge >= 0.3 is 0 Å². The maximum absolute atomic E-state index is 12.1. The van der Waals surface area contributed by atoms with Gasteiger partial charge in [-0.1, -0.05) is 13.8 Å². The number of aryl methyl sites for hydroxylation is 2. The third-order valence-electron chi connectivity index (χ3n) is 3.35. The molecule has 1 amide bonds. The molecule has 0 radical (unpaired) electrons. The van der Waals surface area contributed by atoms with Gasteiger partial charge in [0, 0.05) is 18.8 Å². The first-order valence-electron chi connectivity index (χ1n) is 6.90. The Kier molecular flexibility index (Phi) is 4.97. The van der Waals surface area contributed by atoms with E-state index >= 15 is 0 Å². The van der Waals surface area contributed by atoms with E-state index in [4.69, 9.17) is 0 Å². The van der Waals surface area contributed by atoms with Crippen LogP contribution in [0.3, 0.4) is 0 Å². The van der Waals surface area contributed by atoms with Crippen LogP contribution in [-0.2, 0) is 18.3 Å². The smallest absolute Gasteiger partial charge is 0.242 e. The number of hydrogen-bond acceptors (Lipinski definition) is 3. The number of nitrogens with zero attached hydrogens (tertiary/aromatic N) is 2. The average Bonchev–Trinajstić information content (AvgIpc) is 2.68. The molecular formula is C14H26N4O. The number of carbonyl (C=O) groups excluding carboxylic acids is 1. The Balaban J connectivity index is 2.68. The van der Waals surface area contributed by atoms with Crippen molar-refractivity contribution >= 4 is 11.6 Å². The lowest BCUT2D eigenvalue weighted by Crippen LogP contribution is -2.48. The second-order valence-electron chi connectivity index (χ2n) is 5.61. The summed E-state index contributed by atoms with van der Waals surface area (Å²) in [5.41, 5.74) is 1.74. The molecule has 0 aromatic carbocycles. The van der Waals surface area contributed by atoms with E-state index < -0.39 is 0 Å². The Bertz CT molecular complexity index is 437. The van der Waals surface area contributed by atoms with E-state index in [9.17, 15) is 4.79 Å². The van der Waals surface area contributed by atoms with E-state index in [-0.39, 0.29) is 17.5 Å². The van der Waals surface area contributed by atoms with Gasteiger partial charge in [0.15, 0.2) is 0 Å². The molecule has 0 aliphatic rings. The number of rotatable bonds is 6. The summed E-state index contributed by atoms with van der Waals surface area (Å²) in [7, 11) is 1.88. The summed E-state index contributed by atoms with van der Waals surface area (Å²) in [5.74, 6) is 0.0118. The van der Waals surface area contributed by atoms with Gasteiger partial charge in [0.1, 0.15) is 6.04 Å². The highest BCUT2D eigenvalue weighted by Crippen LogP contribution is 2.15. The fourth-order valence-corrected chi connectivity index (χ4v) is 1.75. The SMILES string of the molecule is CCc1nn(C)cc1NC(C)C(=O)NC(C)(C)CC. The standard InChI is InChI=1S/C14H26N4O/c1-7-11-12(9-18(6)17-11)15-10(3)13(19)16-14(4,5)8-2/h9-10,15H,7-8H2,1-6H3,(H,16,19). The van der Waals surface area contributed by atoms with Gasteiger partial charge in [-0.15, -0.1) is 0 Å². The average molecular weight is 266 g/mol. The Morgan fingerprint density at radius 2 is 2.11 bits per heavy atom. The van der Waals surface area contributed by atoms with Gasteiger partial charge in [0.05, 0.1) is 11.4 Å². The molecule has 5 heteroatoms. The van der Waals surface area contributed by atoms with Crippen LogP contribution in [0.15, 0.2) is 6.20 Å². The molecule has 5 nitrogen and oxygen atoms in total. The summed E-state index contributed by atoms with van der Waals surface area (Å²) < 4.78 is 1.77. The highest BCUT2D eigenvalue weighted by Gasteiger charge is 2.22. The van der Waals surface area contributed by atoms with Gasteiger partial charge in [0.2, 0.25) is 5.91 Å². The zero-order valence-corrected chi connectivity index (χ0v) is 12.9. The van der Waals surface area contributed by atoms with Crippen molar-refractivity contribution in [1.82, 2.24) is 15.1 Å². The van der Waals surface area contributed by atoms with Gasteiger partial charge in [-0.2, -0.15) is 5.10 Å². The molecule has 0 saturated heterocycles. The van der Waals surface area contributed by atoms with Crippen LogP contribution < -0.4 is 10.6 Å². The molecule has 0 fully saturated rings. The Morgan fingerprint density at radius 1 is 1.47 bits per heavy atom. The third-order valence-corrected chi connectivity index (χ3v) is 3.35. The number of anilines is 1. The predicted octanol–water partition coefficient (Wildman–Crippen LogP) is 2.09. The predicted molar refractivity (Wildman–Crippen MR) is 78.2 cm³/mol. The normalized spacial score (nSPS) is 13.2. The number of amides is 1. The minimum Gasteiger partial charge on any atom is -0.371 e. The number of nitrogens with one attached hydrogen (secondary N) is 2. The van der Waals surface area contributed by atoms with E-state index in [1.165, 1.54) is 0 Å². The molecule has 1 heterocycles. The highest BCUT2D eigenvalue weighted by atomic mass is 16.2. The van der Waals surface area contributed by atoms with Gasteiger partial charge in [-0.3, -0.25) is 9.48 Å². The first-order chi connectivity index (χ1) is 8.79. The van der Waals surface area contributed by atoms with Crippen LogP contribution in [0.1, 0.15) is 46.7 Å². The molecule has 1 aromatic heterocycles. The van der Waals surface area contributed by atoms with E-state index in [2.05, 4.69) is 29.6 Å². The summed E-state index contributed by atoms with van der Waals surface area (Å²) in [6.07, 6.45) is 3.66.